The fourth-order valence-electron chi connectivity index (χ4n) is 1.86. The molecule has 2 aromatic carbocycles. The van der Waals surface area contributed by atoms with Crippen LogP contribution in [0.25, 0.3) is 11.1 Å². The van der Waals surface area contributed by atoms with Gasteiger partial charge in [0.25, 0.3) is 0 Å². The summed E-state index contributed by atoms with van der Waals surface area (Å²) in [5.41, 5.74) is 1.78. The van der Waals surface area contributed by atoms with E-state index in [9.17, 15) is 13.2 Å². The Bertz CT molecular complexity index is 692. The Balaban J connectivity index is 2.40. The second-order valence-electron chi connectivity index (χ2n) is 4.22. The molecule has 0 unspecified atom stereocenters. The van der Waals surface area contributed by atoms with Crippen molar-refractivity contribution in [3.05, 3.63) is 53.1 Å². The summed E-state index contributed by atoms with van der Waals surface area (Å²) < 4.78 is 40.6. The molecule has 0 aliphatic rings. The van der Waals surface area contributed by atoms with Crippen LogP contribution in [0.3, 0.4) is 0 Å². The van der Waals surface area contributed by atoms with Crippen molar-refractivity contribution in [2.24, 2.45) is 0 Å². The number of alkyl halides is 3. The monoisotopic (exact) mass is 311 g/mol. The molecule has 0 fully saturated rings. The first-order chi connectivity index (χ1) is 9.89. The SMILES string of the molecule is N#CCc1ccc(Cl)c(-c2cccc(OC(F)(F)F)c2)c1. The number of benzene rings is 2. The molecule has 0 heterocycles. The molecular formula is C15H9ClF3NO. The summed E-state index contributed by atoms with van der Waals surface area (Å²) in [5.74, 6) is -0.318. The normalized spacial score (nSPS) is 11.0. The quantitative estimate of drug-likeness (QED) is 0.801. The number of nitriles is 1. The van der Waals surface area contributed by atoms with Gasteiger partial charge < -0.3 is 4.74 Å². The van der Waals surface area contributed by atoms with E-state index in [-0.39, 0.29) is 12.2 Å². The summed E-state index contributed by atoms with van der Waals surface area (Å²) >= 11 is 6.07. The lowest BCUT2D eigenvalue weighted by Gasteiger charge is -2.11. The highest BCUT2D eigenvalue weighted by atomic mass is 35.5. The van der Waals surface area contributed by atoms with Gasteiger partial charge in [-0.15, -0.1) is 13.2 Å². The van der Waals surface area contributed by atoms with Crippen LogP contribution < -0.4 is 4.74 Å². The Morgan fingerprint density at radius 2 is 1.90 bits per heavy atom. The summed E-state index contributed by atoms with van der Waals surface area (Å²) in [6, 6.07) is 12.5. The van der Waals surface area contributed by atoms with Crippen LogP contribution in [0.2, 0.25) is 5.02 Å². The number of rotatable bonds is 3. The highest BCUT2D eigenvalue weighted by Gasteiger charge is 2.31. The molecular weight excluding hydrogens is 303 g/mol. The zero-order valence-electron chi connectivity index (χ0n) is 10.6. The minimum atomic E-state index is -4.74. The molecule has 0 spiro atoms. The van der Waals surface area contributed by atoms with Crippen molar-refractivity contribution in [2.75, 3.05) is 0 Å². The van der Waals surface area contributed by atoms with E-state index in [1.807, 2.05) is 6.07 Å². The van der Waals surface area contributed by atoms with E-state index >= 15 is 0 Å². The van der Waals surface area contributed by atoms with Crippen molar-refractivity contribution in [3.63, 3.8) is 0 Å². The van der Waals surface area contributed by atoms with Gasteiger partial charge in [0, 0.05) is 10.6 Å². The van der Waals surface area contributed by atoms with Crippen molar-refractivity contribution < 1.29 is 17.9 Å². The topological polar surface area (TPSA) is 33.0 Å². The van der Waals surface area contributed by atoms with Gasteiger partial charge in [0.2, 0.25) is 0 Å². The molecule has 0 saturated heterocycles. The zero-order valence-corrected chi connectivity index (χ0v) is 11.4. The third-order valence-corrected chi connectivity index (χ3v) is 3.02. The highest BCUT2D eigenvalue weighted by molar-refractivity contribution is 6.33. The Hall–Kier alpha value is -2.19. The van der Waals surface area contributed by atoms with Crippen LogP contribution in [0.5, 0.6) is 5.75 Å². The van der Waals surface area contributed by atoms with Crippen LogP contribution in [0, 0.1) is 11.3 Å². The Morgan fingerprint density at radius 1 is 1.14 bits per heavy atom. The molecule has 0 N–H and O–H groups in total. The highest BCUT2D eigenvalue weighted by Crippen LogP contribution is 2.32. The minimum absolute atomic E-state index is 0.197. The van der Waals surface area contributed by atoms with Gasteiger partial charge in [-0.05, 0) is 35.4 Å². The maximum atomic E-state index is 12.2. The van der Waals surface area contributed by atoms with Gasteiger partial charge in [-0.25, -0.2) is 0 Å². The number of hydrogen-bond acceptors (Lipinski definition) is 2. The maximum Gasteiger partial charge on any atom is 0.573 e. The van der Waals surface area contributed by atoms with Crippen molar-refractivity contribution in [1.82, 2.24) is 0 Å². The standard InChI is InChI=1S/C15H9ClF3NO/c16-14-5-4-10(6-7-20)8-13(14)11-2-1-3-12(9-11)21-15(17,18)19/h1-5,8-9H,6H2. The molecule has 0 aliphatic heterocycles. The first-order valence-electron chi connectivity index (χ1n) is 5.90. The summed E-state index contributed by atoms with van der Waals surface area (Å²) in [6.45, 7) is 0. The average Bonchev–Trinajstić information content (AvgIpc) is 2.39. The van der Waals surface area contributed by atoms with Gasteiger partial charge in [-0.2, -0.15) is 5.26 Å². The zero-order chi connectivity index (χ0) is 15.5. The van der Waals surface area contributed by atoms with Crippen LogP contribution >= 0.6 is 11.6 Å². The number of halogens is 4. The van der Waals surface area contributed by atoms with Gasteiger partial charge >= 0.3 is 6.36 Å². The van der Waals surface area contributed by atoms with Crippen LogP contribution in [-0.4, -0.2) is 6.36 Å². The van der Waals surface area contributed by atoms with Crippen LogP contribution in [0.15, 0.2) is 42.5 Å². The van der Waals surface area contributed by atoms with Crippen molar-refractivity contribution in [2.45, 2.75) is 12.8 Å². The molecule has 21 heavy (non-hydrogen) atoms. The molecule has 0 amide bonds. The Labute approximate surface area is 124 Å². The smallest absolute Gasteiger partial charge is 0.406 e. The van der Waals surface area contributed by atoms with Gasteiger partial charge in [-0.3, -0.25) is 0 Å². The maximum absolute atomic E-state index is 12.2. The van der Waals surface area contributed by atoms with Crippen LogP contribution in [-0.2, 0) is 6.42 Å². The molecule has 2 aromatic rings. The van der Waals surface area contributed by atoms with E-state index in [1.54, 1.807) is 24.3 Å². The predicted octanol–water partition coefficient (Wildman–Crippen LogP) is 4.97. The lowest BCUT2D eigenvalue weighted by Crippen LogP contribution is -2.17. The van der Waals surface area contributed by atoms with E-state index in [2.05, 4.69) is 4.74 Å². The molecule has 2 rings (SSSR count). The lowest BCUT2D eigenvalue weighted by atomic mass is 10.0. The fourth-order valence-corrected chi connectivity index (χ4v) is 2.08. The Morgan fingerprint density at radius 3 is 2.57 bits per heavy atom. The average molecular weight is 312 g/mol. The molecule has 0 atom stereocenters. The van der Waals surface area contributed by atoms with E-state index in [4.69, 9.17) is 16.9 Å². The lowest BCUT2D eigenvalue weighted by molar-refractivity contribution is -0.274. The second-order valence-corrected chi connectivity index (χ2v) is 4.63. The number of hydrogen-bond donors (Lipinski definition) is 0. The predicted molar refractivity (Wildman–Crippen MR) is 72.9 cm³/mol. The van der Waals surface area contributed by atoms with Gasteiger partial charge in [0.1, 0.15) is 5.75 Å². The van der Waals surface area contributed by atoms with Gasteiger partial charge in [0.15, 0.2) is 0 Å². The summed E-state index contributed by atoms with van der Waals surface area (Å²) in [5, 5.41) is 9.08. The summed E-state index contributed by atoms with van der Waals surface area (Å²) in [6.07, 6.45) is -4.55. The molecule has 0 bridgehead atoms. The molecule has 2 nitrogen and oxygen atoms in total. The summed E-state index contributed by atoms with van der Waals surface area (Å²) in [7, 11) is 0. The molecule has 6 heteroatoms. The third-order valence-electron chi connectivity index (χ3n) is 2.69. The Kier molecular flexibility index (Phi) is 4.39. The van der Waals surface area contributed by atoms with Gasteiger partial charge in [0.05, 0.1) is 12.5 Å². The second kappa shape index (κ2) is 6.06. The number of nitrogens with zero attached hydrogens (tertiary/aromatic N) is 1. The molecule has 0 radical (unpaired) electrons. The van der Waals surface area contributed by atoms with E-state index in [0.29, 0.717) is 16.1 Å². The van der Waals surface area contributed by atoms with Crippen molar-refractivity contribution in [1.29, 1.82) is 5.26 Å². The molecule has 0 saturated carbocycles. The van der Waals surface area contributed by atoms with E-state index in [1.165, 1.54) is 18.2 Å². The van der Waals surface area contributed by atoms with Crippen molar-refractivity contribution >= 4 is 11.6 Å². The summed E-state index contributed by atoms with van der Waals surface area (Å²) in [4.78, 5) is 0. The third kappa shape index (κ3) is 4.14. The molecule has 108 valence electrons. The number of ether oxygens (including phenoxy) is 1. The van der Waals surface area contributed by atoms with E-state index in [0.717, 1.165) is 5.56 Å². The first kappa shape index (κ1) is 15.2. The van der Waals surface area contributed by atoms with Crippen LogP contribution in [0.1, 0.15) is 5.56 Å². The fraction of sp³-hybridized carbons (Fsp3) is 0.133. The van der Waals surface area contributed by atoms with Crippen molar-refractivity contribution in [3.8, 4) is 22.9 Å². The molecule has 0 aliphatic carbocycles. The van der Waals surface area contributed by atoms with Gasteiger partial charge in [-0.1, -0.05) is 29.8 Å². The minimum Gasteiger partial charge on any atom is -0.406 e. The molecule has 0 aromatic heterocycles. The van der Waals surface area contributed by atoms with E-state index < -0.39 is 6.36 Å². The van der Waals surface area contributed by atoms with Crippen LogP contribution in [0.4, 0.5) is 13.2 Å². The first-order valence-corrected chi connectivity index (χ1v) is 6.28. The largest absolute Gasteiger partial charge is 0.573 e.